The van der Waals surface area contributed by atoms with Crippen molar-refractivity contribution in [2.24, 2.45) is 0 Å². The first-order chi connectivity index (χ1) is 18.4. The molecule has 1 aromatic carbocycles. The molecule has 2 fully saturated rings. The molecule has 4 rings (SSSR count). The molecule has 4 atom stereocenters. The Kier molecular flexibility index (Phi) is 8.27. The lowest BCUT2D eigenvalue weighted by Gasteiger charge is -2.45. The molecule has 11 nitrogen and oxygen atoms in total. The lowest BCUT2D eigenvalue weighted by molar-refractivity contribution is -0.147. The first-order valence-corrected chi connectivity index (χ1v) is 13.8. The third-order valence-electron chi connectivity index (χ3n) is 7.69. The number of nitrogens with zero attached hydrogens (tertiary/aromatic N) is 3. The summed E-state index contributed by atoms with van der Waals surface area (Å²) < 4.78 is 5.73. The number of amides is 5. The average Bonchev–Trinajstić information content (AvgIpc) is 3.26. The first-order valence-electron chi connectivity index (χ1n) is 13.8. The van der Waals surface area contributed by atoms with Gasteiger partial charge in [-0.25, -0.2) is 9.59 Å². The summed E-state index contributed by atoms with van der Waals surface area (Å²) in [6.07, 6.45) is 0.952. The topological polar surface area (TPSA) is 132 Å². The number of fused-ring (bicyclic) bond motifs is 2. The van der Waals surface area contributed by atoms with Crippen LogP contribution in [0.2, 0.25) is 0 Å². The summed E-state index contributed by atoms with van der Waals surface area (Å²) in [4.78, 5) is 57.6. The van der Waals surface area contributed by atoms with E-state index in [4.69, 9.17) is 4.74 Å². The smallest absolute Gasteiger partial charge is 0.408 e. The van der Waals surface area contributed by atoms with Gasteiger partial charge in [0.25, 0.3) is 0 Å². The Bertz CT molecular complexity index is 1100. The highest BCUT2D eigenvalue weighted by Crippen LogP contribution is 2.35. The Balaban J connectivity index is 1.62. The second kappa shape index (κ2) is 11.3. The highest BCUT2D eigenvalue weighted by atomic mass is 16.5. The molecule has 0 saturated carbocycles. The van der Waals surface area contributed by atoms with Crippen LogP contribution in [0.25, 0.3) is 0 Å². The van der Waals surface area contributed by atoms with Crippen LogP contribution in [0.5, 0.6) is 5.75 Å². The van der Waals surface area contributed by atoms with E-state index in [1.807, 2.05) is 38.1 Å². The van der Waals surface area contributed by atoms with Gasteiger partial charge in [0.1, 0.15) is 17.8 Å². The van der Waals surface area contributed by atoms with Gasteiger partial charge in [0.2, 0.25) is 11.8 Å². The number of carboxylic acid groups (broad SMARTS) is 1. The zero-order valence-corrected chi connectivity index (χ0v) is 23.5. The van der Waals surface area contributed by atoms with Crippen molar-refractivity contribution in [2.75, 3.05) is 19.7 Å². The molecule has 39 heavy (non-hydrogen) atoms. The third kappa shape index (κ3) is 6.07. The molecule has 3 aliphatic rings. The molecule has 11 heteroatoms. The van der Waals surface area contributed by atoms with Gasteiger partial charge in [-0.05, 0) is 59.9 Å². The summed E-state index contributed by atoms with van der Waals surface area (Å²) in [7, 11) is 0. The molecule has 5 amide bonds. The predicted octanol–water partition coefficient (Wildman–Crippen LogP) is 2.96. The number of rotatable bonds is 4. The molecule has 0 aliphatic carbocycles. The van der Waals surface area contributed by atoms with Crippen LogP contribution in [-0.4, -0.2) is 93.1 Å². The second-order valence-corrected chi connectivity index (χ2v) is 11.9. The Hall–Kier alpha value is -3.50. The van der Waals surface area contributed by atoms with Crippen molar-refractivity contribution in [1.82, 2.24) is 25.3 Å². The Morgan fingerprint density at radius 3 is 2.49 bits per heavy atom. The quantitative estimate of drug-likeness (QED) is 0.535. The number of para-hydroxylation sites is 1. The summed E-state index contributed by atoms with van der Waals surface area (Å²) >= 11 is 0. The van der Waals surface area contributed by atoms with E-state index in [2.05, 4.69) is 10.6 Å². The standard InChI is InChI=1S/C28H41N5O6/c1-17(2)29-26(36)31-14-12-18-10-11-21(24(34)30-20-13-15-39-23-9-7-6-8-19(20)23)32(18)25(35)22(16-31)33(27(37)38)28(3,4)5/h6-9,17-18,20-22H,10-16H2,1-5H3,(H,29,36)(H,30,34)(H,37,38)/t18-,20-,21+,22+/m1/s1. The van der Waals surface area contributed by atoms with Crippen LogP contribution >= 0.6 is 0 Å². The van der Waals surface area contributed by atoms with Gasteiger partial charge in [0.15, 0.2) is 0 Å². The Morgan fingerprint density at radius 1 is 1.10 bits per heavy atom. The third-order valence-corrected chi connectivity index (χ3v) is 7.69. The SMILES string of the molecule is CC(C)NC(=O)N1CC[C@H]2CC[C@@H](C(=O)N[C@@H]3CCOc4ccccc43)N2C(=O)[C@@H](N(C(=O)O)C(C)(C)C)C1. The summed E-state index contributed by atoms with van der Waals surface area (Å²) in [5.74, 6) is 0.0473. The molecule has 214 valence electrons. The molecule has 3 aliphatic heterocycles. The lowest BCUT2D eigenvalue weighted by atomic mass is 9.99. The van der Waals surface area contributed by atoms with E-state index >= 15 is 0 Å². The number of benzene rings is 1. The van der Waals surface area contributed by atoms with Crippen molar-refractivity contribution in [3.8, 4) is 5.75 Å². The van der Waals surface area contributed by atoms with E-state index in [1.165, 1.54) is 4.90 Å². The fraction of sp³-hybridized carbons (Fsp3) is 0.643. The molecule has 0 unspecified atom stereocenters. The van der Waals surface area contributed by atoms with Gasteiger partial charge in [0.05, 0.1) is 19.2 Å². The van der Waals surface area contributed by atoms with Crippen molar-refractivity contribution in [2.45, 2.75) is 96.1 Å². The minimum absolute atomic E-state index is 0.0914. The van der Waals surface area contributed by atoms with Crippen LogP contribution in [0.1, 0.15) is 71.9 Å². The van der Waals surface area contributed by atoms with Crippen molar-refractivity contribution in [3.05, 3.63) is 29.8 Å². The maximum absolute atomic E-state index is 14.2. The van der Waals surface area contributed by atoms with Crippen LogP contribution in [0.3, 0.4) is 0 Å². The number of carbonyl (C=O) groups excluding carboxylic acids is 3. The fourth-order valence-electron chi connectivity index (χ4n) is 5.97. The Morgan fingerprint density at radius 2 is 1.82 bits per heavy atom. The van der Waals surface area contributed by atoms with E-state index in [-0.39, 0.29) is 36.6 Å². The molecular formula is C28H41N5O6. The number of ether oxygens (including phenoxy) is 1. The number of nitrogens with one attached hydrogen (secondary N) is 2. The monoisotopic (exact) mass is 543 g/mol. The van der Waals surface area contributed by atoms with Crippen molar-refractivity contribution >= 4 is 23.9 Å². The number of hydrogen-bond acceptors (Lipinski definition) is 5. The number of hydrogen-bond donors (Lipinski definition) is 3. The average molecular weight is 544 g/mol. The van der Waals surface area contributed by atoms with E-state index in [9.17, 15) is 24.3 Å². The van der Waals surface area contributed by atoms with E-state index in [0.717, 1.165) is 16.2 Å². The van der Waals surface area contributed by atoms with Crippen LogP contribution in [-0.2, 0) is 9.59 Å². The summed E-state index contributed by atoms with van der Waals surface area (Å²) in [6.45, 7) is 9.60. The van der Waals surface area contributed by atoms with Crippen LogP contribution in [0.15, 0.2) is 24.3 Å². The summed E-state index contributed by atoms with van der Waals surface area (Å²) in [5, 5.41) is 16.2. The molecule has 2 saturated heterocycles. The van der Waals surface area contributed by atoms with Crippen molar-refractivity contribution < 1.29 is 29.0 Å². The largest absolute Gasteiger partial charge is 0.493 e. The maximum Gasteiger partial charge on any atom is 0.408 e. The predicted molar refractivity (Wildman–Crippen MR) is 144 cm³/mol. The van der Waals surface area contributed by atoms with Crippen LogP contribution in [0.4, 0.5) is 9.59 Å². The van der Waals surface area contributed by atoms with Gasteiger partial charge < -0.3 is 30.3 Å². The highest BCUT2D eigenvalue weighted by molar-refractivity contribution is 5.93. The minimum Gasteiger partial charge on any atom is -0.493 e. The van der Waals surface area contributed by atoms with E-state index in [1.54, 1.807) is 25.7 Å². The van der Waals surface area contributed by atoms with Crippen LogP contribution in [0, 0.1) is 0 Å². The van der Waals surface area contributed by atoms with Gasteiger partial charge in [-0.2, -0.15) is 0 Å². The second-order valence-electron chi connectivity index (χ2n) is 11.9. The molecule has 3 heterocycles. The molecule has 1 aromatic rings. The molecule has 0 spiro atoms. The molecular weight excluding hydrogens is 502 g/mol. The van der Waals surface area contributed by atoms with Crippen molar-refractivity contribution in [3.63, 3.8) is 0 Å². The summed E-state index contributed by atoms with van der Waals surface area (Å²) in [6, 6.07) is 4.77. The molecule has 0 aromatic heterocycles. The fourth-order valence-corrected chi connectivity index (χ4v) is 5.97. The molecule has 3 N–H and O–H groups in total. The number of urea groups is 1. The lowest BCUT2D eigenvalue weighted by Crippen LogP contribution is -2.65. The minimum atomic E-state index is -1.25. The van der Waals surface area contributed by atoms with Gasteiger partial charge in [0, 0.05) is 36.2 Å². The zero-order valence-electron chi connectivity index (χ0n) is 23.5. The van der Waals surface area contributed by atoms with Crippen LogP contribution < -0.4 is 15.4 Å². The van der Waals surface area contributed by atoms with Gasteiger partial charge in [-0.15, -0.1) is 0 Å². The number of carbonyl (C=O) groups is 4. The van der Waals surface area contributed by atoms with Crippen molar-refractivity contribution in [1.29, 1.82) is 0 Å². The zero-order chi connectivity index (χ0) is 28.5. The molecule has 0 bridgehead atoms. The summed E-state index contributed by atoms with van der Waals surface area (Å²) in [5.41, 5.74) is -0.00949. The highest BCUT2D eigenvalue weighted by Gasteiger charge is 2.49. The van der Waals surface area contributed by atoms with E-state index in [0.29, 0.717) is 38.8 Å². The Labute approximate surface area is 229 Å². The van der Waals surface area contributed by atoms with E-state index < -0.39 is 29.6 Å². The van der Waals surface area contributed by atoms with Gasteiger partial charge in [-0.1, -0.05) is 18.2 Å². The first kappa shape index (κ1) is 28.5. The van der Waals surface area contributed by atoms with Gasteiger partial charge >= 0.3 is 12.1 Å². The normalized spacial score (nSPS) is 25.1. The maximum atomic E-state index is 14.2. The molecule has 0 radical (unpaired) electrons. The van der Waals surface area contributed by atoms with Gasteiger partial charge in [-0.3, -0.25) is 14.5 Å².